The molecule has 0 spiro atoms. The van der Waals surface area contributed by atoms with Crippen LogP contribution >= 0.6 is 15.9 Å². The van der Waals surface area contributed by atoms with E-state index in [9.17, 15) is 26.3 Å². The minimum Gasteiger partial charge on any atom is -0.497 e. The van der Waals surface area contributed by atoms with Crippen LogP contribution in [0.15, 0.2) is 89.4 Å². The Morgan fingerprint density at radius 1 is 0.512 bits per heavy atom. The molecule has 0 bridgehead atoms. The number of rotatable bonds is 5. The minimum atomic E-state index is -1.18. The van der Waals surface area contributed by atoms with Gasteiger partial charge in [0, 0.05) is 0 Å². The third-order valence-corrected chi connectivity index (χ3v) is 7.07. The van der Waals surface area contributed by atoms with Crippen molar-refractivity contribution in [2.24, 2.45) is 0 Å². The first-order valence-corrected chi connectivity index (χ1v) is 13.2. The molecule has 0 amide bonds. The summed E-state index contributed by atoms with van der Waals surface area (Å²) in [7, 11) is 3.06. The van der Waals surface area contributed by atoms with Gasteiger partial charge in [-0.25, -0.2) is 26.3 Å². The van der Waals surface area contributed by atoms with Gasteiger partial charge in [0.2, 0.25) is 0 Å². The standard InChI is InChI=1S/C20H11F4NO.C13H9BrF2O/c1-26-14-4-2-11(3-5-14)12-6-18(23)20(19(24)7-12)13-8-16(21)15(10-25)17(22)9-13;1-17-10-4-2-8(3-5-10)9-6-11(15)13(14)12(16)7-9/h2-9H,1H3;2-7H,1H3. The summed E-state index contributed by atoms with van der Waals surface area (Å²) in [5.41, 5.74) is 0.347. The lowest BCUT2D eigenvalue weighted by molar-refractivity contribution is 0.415. The zero-order chi connectivity index (χ0) is 31.3. The molecule has 218 valence electrons. The number of nitrogens with zero attached hydrogens (tertiary/aromatic N) is 1. The van der Waals surface area contributed by atoms with E-state index in [1.54, 1.807) is 55.6 Å². The second kappa shape index (κ2) is 13.5. The fourth-order valence-electron chi connectivity index (χ4n) is 4.13. The zero-order valence-corrected chi connectivity index (χ0v) is 24.1. The first kappa shape index (κ1) is 31.2. The lowest BCUT2D eigenvalue weighted by atomic mass is 9.97. The number of ether oxygens (including phenoxy) is 2. The van der Waals surface area contributed by atoms with Crippen molar-refractivity contribution in [3.05, 3.63) is 130 Å². The van der Waals surface area contributed by atoms with Gasteiger partial charge >= 0.3 is 0 Å². The van der Waals surface area contributed by atoms with Crippen LogP contribution < -0.4 is 9.47 Å². The molecule has 0 aromatic heterocycles. The van der Waals surface area contributed by atoms with Gasteiger partial charge < -0.3 is 9.47 Å². The Kier molecular flexibility index (Phi) is 9.78. The third-order valence-electron chi connectivity index (χ3n) is 6.32. The highest BCUT2D eigenvalue weighted by Gasteiger charge is 2.19. The summed E-state index contributed by atoms with van der Waals surface area (Å²) in [6.07, 6.45) is 0. The second-order valence-electron chi connectivity index (χ2n) is 8.95. The second-order valence-corrected chi connectivity index (χ2v) is 9.75. The summed E-state index contributed by atoms with van der Waals surface area (Å²) in [5, 5.41) is 8.68. The molecule has 10 heteroatoms. The van der Waals surface area contributed by atoms with Crippen LogP contribution in [-0.2, 0) is 0 Å². The Balaban J connectivity index is 0.000000215. The van der Waals surface area contributed by atoms with Gasteiger partial charge in [-0.05, 0) is 104 Å². The van der Waals surface area contributed by atoms with Crippen molar-refractivity contribution in [1.29, 1.82) is 5.26 Å². The number of nitriles is 1. The van der Waals surface area contributed by atoms with Crippen molar-refractivity contribution in [3.63, 3.8) is 0 Å². The van der Waals surface area contributed by atoms with E-state index in [1.807, 2.05) is 0 Å². The Hall–Kier alpha value is -4.75. The molecule has 0 unspecified atom stereocenters. The molecule has 0 atom stereocenters. The highest BCUT2D eigenvalue weighted by molar-refractivity contribution is 9.10. The summed E-state index contributed by atoms with van der Waals surface area (Å²) in [5.74, 6) is -4.24. The average molecular weight is 656 g/mol. The van der Waals surface area contributed by atoms with E-state index in [-0.39, 0.29) is 15.6 Å². The molecule has 0 saturated heterocycles. The van der Waals surface area contributed by atoms with Crippen LogP contribution in [0, 0.1) is 46.2 Å². The smallest absolute Gasteiger partial charge is 0.144 e. The first-order chi connectivity index (χ1) is 20.6. The summed E-state index contributed by atoms with van der Waals surface area (Å²) in [6, 6.07) is 21.1. The largest absolute Gasteiger partial charge is 0.497 e. The van der Waals surface area contributed by atoms with Crippen molar-refractivity contribution in [2.45, 2.75) is 0 Å². The number of halogens is 7. The SMILES string of the molecule is COc1ccc(-c2cc(F)c(-c3cc(F)c(C#N)c(F)c3)c(F)c2)cc1.COc1ccc(-c2cc(F)c(Br)c(F)c2)cc1. The van der Waals surface area contributed by atoms with Crippen LogP contribution in [0.25, 0.3) is 33.4 Å². The van der Waals surface area contributed by atoms with Crippen LogP contribution in [0.5, 0.6) is 11.5 Å². The maximum atomic E-state index is 14.5. The lowest BCUT2D eigenvalue weighted by Gasteiger charge is -2.10. The lowest BCUT2D eigenvalue weighted by Crippen LogP contribution is -1.97. The van der Waals surface area contributed by atoms with E-state index in [2.05, 4.69) is 15.9 Å². The molecular formula is C33H20BrF6NO2. The Labute approximate surface area is 251 Å². The number of hydrogen-bond acceptors (Lipinski definition) is 3. The molecule has 0 aliphatic rings. The minimum absolute atomic E-state index is 0.144. The monoisotopic (exact) mass is 655 g/mol. The average Bonchev–Trinajstić information content (AvgIpc) is 2.99. The summed E-state index contributed by atoms with van der Waals surface area (Å²) in [4.78, 5) is 0. The van der Waals surface area contributed by atoms with Gasteiger partial charge in [-0.1, -0.05) is 24.3 Å². The van der Waals surface area contributed by atoms with Crippen molar-refractivity contribution in [2.75, 3.05) is 14.2 Å². The zero-order valence-electron chi connectivity index (χ0n) is 22.5. The maximum Gasteiger partial charge on any atom is 0.144 e. The van der Waals surface area contributed by atoms with Crippen LogP contribution in [0.3, 0.4) is 0 Å². The van der Waals surface area contributed by atoms with E-state index in [0.29, 0.717) is 22.6 Å². The van der Waals surface area contributed by atoms with E-state index < -0.39 is 46.0 Å². The van der Waals surface area contributed by atoms with Gasteiger partial charge in [-0.15, -0.1) is 0 Å². The molecule has 0 saturated carbocycles. The number of methoxy groups -OCH3 is 2. The number of benzene rings is 5. The van der Waals surface area contributed by atoms with Gasteiger partial charge in [0.25, 0.3) is 0 Å². The van der Waals surface area contributed by atoms with Crippen LogP contribution in [-0.4, -0.2) is 14.2 Å². The molecule has 5 aromatic carbocycles. The maximum absolute atomic E-state index is 14.5. The molecule has 0 aliphatic carbocycles. The molecule has 0 heterocycles. The molecule has 43 heavy (non-hydrogen) atoms. The quantitative estimate of drug-likeness (QED) is 0.140. The van der Waals surface area contributed by atoms with Crippen LogP contribution in [0.4, 0.5) is 26.3 Å². The molecule has 0 fully saturated rings. The van der Waals surface area contributed by atoms with Gasteiger partial charge in [0.1, 0.15) is 58.0 Å². The molecule has 3 nitrogen and oxygen atoms in total. The summed E-state index contributed by atoms with van der Waals surface area (Å²) >= 11 is 2.84. The van der Waals surface area contributed by atoms with Crippen LogP contribution in [0.1, 0.15) is 5.56 Å². The summed E-state index contributed by atoms with van der Waals surface area (Å²) in [6.45, 7) is 0. The van der Waals surface area contributed by atoms with E-state index in [1.165, 1.54) is 25.3 Å². The first-order valence-electron chi connectivity index (χ1n) is 12.4. The highest BCUT2D eigenvalue weighted by Crippen LogP contribution is 2.33. The van der Waals surface area contributed by atoms with Crippen molar-refractivity contribution < 1.29 is 35.8 Å². The van der Waals surface area contributed by atoms with Crippen molar-refractivity contribution >= 4 is 15.9 Å². The Morgan fingerprint density at radius 3 is 1.21 bits per heavy atom. The predicted octanol–water partition coefficient (Wildman–Crippen LogP) is 9.86. The topological polar surface area (TPSA) is 42.2 Å². The summed E-state index contributed by atoms with van der Waals surface area (Å²) < 4.78 is 93.1. The van der Waals surface area contributed by atoms with Gasteiger partial charge in [-0.3, -0.25) is 0 Å². The predicted molar refractivity (Wildman–Crippen MR) is 154 cm³/mol. The van der Waals surface area contributed by atoms with Crippen molar-refractivity contribution in [3.8, 4) is 50.9 Å². The molecule has 5 rings (SSSR count). The molecule has 0 radical (unpaired) electrons. The van der Waals surface area contributed by atoms with Gasteiger partial charge in [0.05, 0.1) is 24.3 Å². The van der Waals surface area contributed by atoms with E-state index in [0.717, 1.165) is 29.8 Å². The molecule has 0 aliphatic heterocycles. The van der Waals surface area contributed by atoms with E-state index >= 15 is 0 Å². The fourth-order valence-corrected chi connectivity index (χ4v) is 4.36. The van der Waals surface area contributed by atoms with Gasteiger partial charge in [0.15, 0.2) is 0 Å². The van der Waals surface area contributed by atoms with Crippen molar-refractivity contribution in [1.82, 2.24) is 0 Å². The molecule has 0 N–H and O–H groups in total. The normalized spacial score (nSPS) is 10.4. The Bertz CT molecular complexity index is 1750. The third kappa shape index (κ3) is 7.01. The van der Waals surface area contributed by atoms with Gasteiger partial charge in [-0.2, -0.15) is 5.26 Å². The van der Waals surface area contributed by atoms with Crippen LogP contribution in [0.2, 0.25) is 0 Å². The molecular weight excluding hydrogens is 636 g/mol. The highest BCUT2D eigenvalue weighted by atomic mass is 79.9. The number of hydrogen-bond donors (Lipinski definition) is 0. The fraction of sp³-hybridized carbons (Fsp3) is 0.0606. The van der Waals surface area contributed by atoms with E-state index in [4.69, 9.17) is 14.7 Å². The molecule has 5 aromatic rings. The Morgan fingerprint density at radius 2 is 0.860 bits per heavy atom.